The van der Waals surface area contributed by atoms with Crippen molar-refractivity contribution in [2.75, 3.05) is 11.5 Å². The first-order chi connectivity index (χ1) is 8.41. The van der Waals surface area contributed by atoms with E-state index in [1.807, 2.05) is 0 Å². The average molecular weight is 382 g/mol. The van der Waals surface area contributed by atoms with Crippen LogP contribution in [0.4, 0.5) is 0 Å². The molecule has 19 heavy (non-hydrogen) atoms. The first kappa shape index (κ1) is 62.3. The summed E-state index contributed by atoms with van der Waals surface area (Å²) < 4.78 is 30.0. The van der Waals surface area contributed by atoms with Crippen molar-refractivity contribution < 1.29 is 52.7 Å². The molecule has 0 amide bonds. The molecule has 0 spiro atoms. The summed E-state index contributed by atoms with van der Waals surface area (Å²) in [4.78, 5) is 0. The van der Waals surface area contributed by atoms with Crippen LogP contribution < -0.4 is 0 Å². The number of hydrogen-bond acceptors (Lipinski definition) is 4. The van der Waals surface area contributed by atoms with Crippen LogP contribution in [0.5, 0.6) is 0 Å². The van der Waals surface area contributed by atoms with Gasteiger partial charge in [0.1, 0.15) is 0 Å². The second-order valence-electron chi connectivity index (χ2n) is 0.762. The van der Waals surface area contributed by atoms with Gasteiger partial charge in [-0.05, 0) is 0 Å². The molecule has 0 aromatic heterocycles. The van der Waals surface area contributed by atoms with Gasteiger partial charge in [0.15, 0.2) is 0 Å². The van der Waals surface area contributed by atoms with Crippen molar-refractivity contribution in [2.45, 2.75) is 6.42 Å². The second-order valence-corrected chi connectivity index (χ2v) is 1.58. The van der Waals surface area contributed by atoms with Crippen molar-refractivity contribution in [1.29, 1.82) is 10.5 Å². The van der Waals surface area contributed by atoms with E-state index < -0.39 is 0 Å². The molecule has 0 bridgehead atoms. The molecule has 0 saturated heterocycles. The summed E-state index contributed by atoms with van der Waals surface area (Å²) in [5.74, 6) is 1.65. The van der Waals surface area contributed by atoms with E-state index in [4.69, 9.17) is 42.3 Å². The first-order valence-corrected chi connectivity index (χ1v) is 4.00. The zero-order valence-corrected chi connectivity index (χ0v) is 13.0. The third kappa shape index (κ3) is 1540. The maximum absolute atomic E-state index is 7.50. The van der Waals surface area contributed by atoms with Gasteiger partial charge in [0, 0.05) is 34.1 Å². The summed E-state index contributed by atoms with van der Waals surface area (Å²) in [6.07, 6.45) is 1.02. The molecule has 0 aliphatic heterocycles. The van der Waals surface area contributed by atoms with Gasteiger partial charge in [0.25, 0.3) is 0 Å². The van der Waals surface area contributed by atoms with Gasteiger partial charge in [-0.2, -0.15) is 11.5 Å². The molecule has 0 N–H and O–H groups in total. The molecule has 0 aliphatic carbocycles. The average Bonchev–Trinajstić information content (AvgIpc) is 2.52. The van der Waals surface area contributed by atoms with E-state index in [0.717, 1.165) is 17.9 Å². The van der Waals surface area contributed by atoms with Crippen LogP contribution in [-0.2, 0) is 78.0 Å². The Hall–Kier alpha value is -0.321. The normalized spacial score (nSPS) is 2.84. The standard InChI is InChI=1S/C3H8S2.2CN.4CO.2Fe/c4-2-1-3-5;6*1-2;;/h4-5H,1-3H2;;;;;;;;/q;2*-1;;;;;;/p-2. The predicted molar refractivity (Wildman–Crippen MR) is 54.7 cm³/mol. The van der Waals surface area contributed by atoms with Crippen molar-refractivity contribution in [3.8, 4) is 0 Å². The van der Waals surface area contributed by atoms with E-state index in [0.29, 0.717) is 0 Å². The molecular weight excluding hydrogens is 376 g/mol. The Kier molecular flexibility index (Phi) is 2250. The SMILES string of the molecule is [C-]#N.[C-]#N.[C-]#[O+].[C-]#[O+].[C-]#[O+].[C-]#[O+].[Fe].[Fe].[S-]CCC[S-]. The Bertz CT molecular complexity index is 146. The zero-order valence-electron chi connectivity index (χ0n) is 9.17. The van der Waals surface area contributed by atoms with E-state index >= 15 is 0 Å². The number of nitrogens with zero attached hydrogens (tertiary/aromatic N) is 2. The van der Waals surface area contributed by atoms with Crippen molar-refractivity contribution in [3.63, 3.8) is 0 Å². The number of hydrogen-bond donors (Lipinski definition) is 0. The third-order valence-corrected chi connectivity index (χ3v) is 0.866. The molecule has 0 aromatic carbocycles. The molecule has 0 saturated carbocycles. The Morgan fingerprint density at radius 1 is 0.579 bits per heavy atom. The summed E-state index contributed by atoms with van der Waals surface area (Å²) in [5, 5.41) is 12.5. The smallest absolute Gasteiger partial charge is 0 e. The van der Waals surface area contributed by atoms with Gasteiger partial charge >= 0.3 is 45.2 Å². The van der Waals surface area contributed by atoms with Crippen molar-refractivity contribution >= 4 is 25.3 Å². The zero-order chi connectivity index (χ0) is 16.1. The predicted octanol–water partition coefficient (Wildman–Crippen LogP) is 0.508. The van der Waals surface area contributed by atoms with Crippen LogP contribution in [0, 0.1) is 50.3 Å². The Balaban J connectivity index is -0.00000000912. The summed E-state index contributed by atoms with van der Waals surface area (Å²) in [6.45, 7) is 27.5. The molecule has 0 aromatic rings. The molecule has 0 fully saturated rings. The fourth-order valence-electron chi connectivity index (χ4n) is 0.0589. The number of rotatable bonds is 2. The molecule has 108 valence electrons. The van der Waals surface area contributed by atoms with Crippen molar-refractivity contribution in [1.82, 2.24) is 0 Å². The minimum atomic E-state index is 0. The van der Waals surface area contributed by atoms with Gasteiger partial charge in [-0.1, -0.05) is 6.42 Å². The van der Waals surface area contributed by atoms with Gasteiger partial charge in [0.2, 0.25) is 0 Å². The fraction of sp³-hybridized carbons (Fsp3) is 0.333. The topological polar surface area (TPSA) is 127 Å². The van der Waals surface area contributed by atoms with E-state index in [1.54, 1.807) is 0 Å². The molecule has 6 nitrogen and oxygen atoms in total. The molecule has 0 rings (SSSR count). The van der Waals surface area contributed by atoms with Crippen LogP contribution in [0.2, 0.25) is 0 Å². The maximum atomic E-state index is 7.50. The van der Waals surface area contributed by atoms with Gasteiger partial charge in [-0.3, -0.25) is 0 Å². The summed E-state index contributed by atoms with van der Waals surface area (Å²) in [6, 6.07) is 0. The van der Waals surface area contributed by atoms with Crippen molar-refractivity contribution in [2.24, 2.45) is 0 Å². The minimum Gasteiger partial charge on any atom is -0.793 e. The van der Waals surface area contributed by atoms with Crippen molar-refractivity contribution in [3.05, 3.63) is 39.7 Å². The molecule has 0 unspecified atom stereocenters. The van der Waals surface area contributed by atoms with E-state index in [1.165, 1.54) is 0 Å². The van der Waals surface area contributed by atoms with Gasteiger partial charge in [0.05, 0.1) is 0 Å². The van der Waals surface area contributed by atoms with Crippen LogP contribution in [0.15, 0.2) is 0 Å². The van der Waals surface area contributed by atoms with Crippen LogP contribution in [0.1, 0.15) is 6.42 Å². The van der Waals surface area contributed by atoms with Crippen LogP contribution >= 0.6 is 0 Å². The summed E-state index contributed by atoms with van der Waals surface area (Å²) in [7, 11) is 0. The fourth-order valence-corrected chi connectivity index (χ4v) is 0.530. The quantitative estimate of drug-likeness (QED) is 0.298. The molecule has 10 heteroatoms. The molecule has 0 radical (unpaired) electrons. The van der Waals surface area contributed by atoms with Gasteiger partial charge in [-0.25, -0.2) is 0 Å². The Labute approximate surface area is 146 Å². The Morgan fingerprint density at radius 2 is 0.684 bits per heavy atom. The summed E-state index contributed by atoms with van der Waals surface area (Å²) in [5.41, 5.74) is 0. The largest absolute Gasteiger partial charge is 0.793 e. The van der Waals surface area contributed by atoms with Crippen LogP contribution in [0.25, 0.3) is 0 Å². The van der Waals surface area contributed by atoms with Crippen LogP contribution in [-0.4, -0.2) is 11.5 Å². The first-order valence-electron chi connectivity index (χ1n) is 2.84. The Morgan fingerprint density at radius 3 is 0.684 bits per heavy atom. The maximum Gasteiger partial charge on any atom is 0 e. The van der Waals surface area contributed by atoms with E-state index in [-0.39, 0.29) is 34.1 Å². The molecular formula is C9H6Fe2N2O4S2-4. The van der Waals surface area contributed by atoms with E-state index in [9.17, 15) is 0 Å². The monoisotopic (exact) mass is 382 g/mol. The van der Waals surface area contributed by atoms with E-state index in [2.05, 4.69) is 51.9 Å². The minimum absolute atomic E-state index is 0. The van der Waals surface area contributed by atoms with Gasteiger partial charge < -0.3 is 48.9 Å². The van der Waals surface area contributed by atoms with Crippen LogP contribution in [0.3, 0.4) is 0 Å². The summed E-state index contributed by atoms with van der Waals surface area (Å²) >= 11 is 9.17. The molecule has 0 aliphatic rings. The molecule has 0 heterocycles. The third-order valence-electron chi connectivity index (χ3n) is 0.289. The second kappa shape index (κ2) is 685. The molecule has 0 atom stereocenters. The van der Waals surface area contributed by atoms with Gasteiger partial charge in [-0.15, -0.1) is 0 Å².